The fourth-order valence-corrected chi connectivity index (χ4v) is 2.87. The van der Waals surface area contributed by atoms with Crippen molar-refractivity contribution < 1.29 is 9.90 Å². The van der Waals surface area contributed by atoms with E-state index in [1.807, 2.05) is 0 Å². The number of allylic oxidation sites excluding steroid dienone is 2. The first-order chi connectivity index (χ1) is 10.8. The molecule has 124 valence electrons. The standard InChI is InChI=1S/C20H32O2/c1-2-3-7-14-20(22)15-10-5-4-8-12-18-17-19(18)13-9-6-11-16-21/h10,15,18-19,21H,2-3,6-9,11-14,16-17H2,1H3/b15-10+/t18-,19+/m0/s1. The predicted molar refractivity (Wildman–Crippen MR) is 92.4 cm³/mol. The highest BCUT2D eigenvalue weighted by Crippen LogP contribution is 2.45. The Morgan fingerprint density at radius 2 is 1.95 bits per heavy atom. The van der Waals surface area contributed by atoms with Crippen LogP contribution in [0.2, 0.25) is 0 Å². The van der Waals surface area contributed by atoms with E-state index >= 15 is 0 Å². The minimum atomic E-state index is 0.202. The third-order valence-corrected chi connectivity index (χ3v) is 4.42. The molecule has 0 unspecified atom stereocenters. The summed E-state index contributed by atoms with van der Waals surface area (Å²) in [6.45, 7) is 2.48. The number of hydrogen-bond donors (Lipinski definition) is 1. The van der Waals surface area contributed by atoms with Gasteiger partial charge >= 0.3 is 0 Å². The highest BCUT2D eigenvalue weighted by Gasteiger charge is 2.34. The summed E-state index contributed by atoms with van der Waals surface area (Å²) < 4.78 is 0. The van der Waals surface area contributed by atoms with Crippen molar-refractivity contribution in [2.45, 2.75) is 77.6 Å². The van der Waals surface area contributed by atoms with Crippen LogP contribution in [0.15, 0.2) is 12.2 Å². The number of carbonyl (C=O) groups excluding carboxylic acids is 1. The van der Waals surface area contributed by atoms with Gasteiger partial charge in [0.25, 0.3) is 0 Å². The second-order valence-corrected chi connectivity index (χ2v) is 6.45. The third-order valence-electron chi connectivity index (χ3n) is 4.42. The van der Waals surface area contributed by atoms with E-state index in [0.717, 1.165) is 50.4 Å². The Balaban J connectivity index is 1.98. The normalized spacial score (nSPS) is 19.9. The number of rotatable bonds is 12. The quantitative estimate of drug-likeness (QED) is 0.323. The molecule has 0 amide bonds. The van der Waals surface area contributed by atoms with Crippen molar-refractivity contribution in [2.24, 2.45) is 11.8 Å². The van der Waals surface area contributed by atoms with E-state index in [1.165, 1.54) is 25.7 Å². The van der Waals surface area contributed by atoms with Gasteiger partial charge in [-0.2, -0.15) is 0 Å². The largest absolute Gasteiger partial charge is 0.396 e. The van der Waals surface area contributed by atoms with Crippen LogP contribution in [0.3, 0.4) is 0 Å². The van der Waals surface area contributed by atoms with Crippen LogP contribution in [0.1, 0.15) is 77.6 Å². The second-order valence-electron chi connectivity index (χ2n) is 6.45. The zero-order valence-electron chi connectivity index (χ0n) is 14.2. The van der Waals surface area contributed by atoms with Crippen molar-refractivity contribution in [1.82, 2.24) is 0 Å². The fourth-order valence-electron chi connectivity index (χ4n) is 2.87. The average Bonchev–Trinajstić information content (AvgIpc) is 3.26. The Hall–Kier alpha value is -1.07. The predicted octanol–water partition coefficient (Wildman–Crippen LogP) is 4.66. The SMILES string of the molecule is CCCCCC(=O)/C=C/C#CCC[C@H]1C[C@H]1CCCCCO. The van der Waals surface area contributed by atoms with Crippen molar-refractivity contribution in [1.29, 1.82) is 0 Å². The minimum Gasteiger partial charge on any atom is -0.396 e. The number of unbranched alkanes of at least 4 members (excludes halogenated alkanes) is 4. The summed E-state index contributed by atoms with van der Waals surface area (Å²) in [5.74, 6) is 8.13. The number of hydrogen-bond acceptors (Lipinski definition) is 2. The van der Waals surface area contributed by atoms with E-state index < -0.39 is 0 Å². The van der Waals surface area contributed by atoms with Gasteiger partial charge in [-0.25, -0.2) is 0 Å². The summed E-state index contributed by atoms with van der Waals surface area (Å²) in [5.41, 5.74) is 0. The number of carbonyl (C=O) groups is 1. The molecule has 2 nitrogen and oxygen atoms in total. The van der Waals surface area contributed by atoms with E-state index in [9.17, 15) is 4.79 Å². The van der Waals surface area contributed by atoms with Gasteiger partial charge in [0.1, 0.15) is 0 Å². The van der Waals surface area contributed by atoms with Gasteiger partial charge in [0.05, 0.1) is 0 Å². The molecule has 1 fully saturated rings. The van der Waals surface area contributed by atoms with Crippen molar-refractivity contribution in [2.75, 3.05) is 6.61 Å². The zero-order chi connectivity index (χ0) is 16.0. The molecule has 0 aromatic rings. The lowest BCUT2D eigenvalue weighted by Gasteiger charge is -1.98. The summed E-state index contributed by atoms with van der Waals surface area (Å²) in [4.78, 5) is 11.5. The molecule has 0 saturated heterocycles. The van der Waals surface area contributed by atoms with Crippen molar-refractivity contribution in [3.63, 3.8) is 0 Å². The Morgan fingerprint density at radius 1 is 1.14 bits per heavy atom. The number of ketones is 1. The molecule has 0 radical (unpaired) electrons. The highest BCUT2D eigenvalue weighted by molar-refractivity contribution is 5.89. The van der Waals surface area contributed by atoms with Gasteiger partial charge in [0.2, 0.25) is 0 Å². The molecule has 2 atom stereocenters. The molecule has 0 spiro atoms. The van der Waals surface area contributed by atoms with Crippen molar-refractivity contribution in [3.8, 4) is 11.8 Å². The van der Waals surface area contributed by atoms with Crippen LogP contribution < -0.4 is 0 Å². The molecule has 0 bridgehead atoms. The van der Waals surface area contributed by atoms with Gasteiger partial charge in [0, 0.05) is 19.4 Å². The Labute approximate surface area is 136 Å². The fraction of sp³-hybridized carbons (Fsp3) is 0.750. The van der Waals surface area contributed by atoms with E-state index in [4.69, 9.17) is 5.11 Å². The molecule has 0 heterocycles. The second kappa shape index (κ2) is 12.5. The van der Waals surface area contributed by atoms with Crippen LogP contribution in [0.25, 0.3) is 0 Å². The van der Waals surface area contributed by atoms with Crippen LogP contribution in [0.4, 0.5) is 0 Å². The first-order valence-electron chi connectivity index (χ1n) is 9.06. The smallest absolute Gasteiger partial charge is 0.156 e. The van der Waals surface area contributed by atoms with Crippen molar-refractivity contribution >= 4 is 5.78 Å². The summed E-state index contributed by atoms with van der Waals surface area (Å²) in [5, 5.41) is 8.73. The van der Waals surface area contributed by atoms with E-state index in [-0.39, 0.29) is 5.78 Å². The lowest BCUT2D eigenvalue weighted by Crippen LogP contribution is -1.91. The lowest BCUT2D eigenvalue weighted by atomic mass is 10.1. The molecule has 0 aromatic heterocycles. The molecule has 22 heavy (non-hydrogen) atoms. The lowest BCUT2D eigenvalue weighted by molar-refractivity contribution is -0.114. The average molecular weight is 304 g/mol. The van der Waals surface area contributed by atoms with Crippen LogP contribution in [-0.4, -0.2) is 17.5 Å². The summed E-state index contributed by atoms with van der Waals surface area (Å²) in [6, 6.07) is 0. The molecule has 1 rings (SSSR count). The minimum absolute atomic E-state index is 0.202. The Bertz CT molecular complexity index is 386. The van der Waals surface area contributed by atoms with Crippen LogP contribution in [0.5, 0.6) is 0 Å². The maximum absolute atomic E-state index is 11.5. The zero-order valence-corrected chi connectivity index (χ0v) is 14.2. The molecular formula is C20H32O2. The Kier molecular flexibility index (Phi) is 10.8. The van der Waals surface area contributed by atoms with Gasteiger partial charge in [0.15, 0.2) is 5.78 Å². The van der Waals surface area contributed by atoms with Gasteiger partial charge < -0.3 is 5.11 Å². The number of aliphatic hydroxyl groups is 1. The van der Waals surface area contributed by atoms with Gasteiger partial charge in [-0.05, 0) is 49.7 Å². The van der Waals surface area contributed by atoms with Gasteiger partial charge in [-0.1, -0.05) is 50.9 Å². The maximum atomic E-state index is 11.5. The molecule has 1 N–H and O–H groups in total. The first-order valence-corrected chi connectivity index (χ1v) is 9.06. The van der Waals surface area contributed by atoms with Crippen LogP contribution in [0, 0.1) is 23.7 Å². The molecule has 2 heteroatoms. The van der Waals surface area contributed by atoms with E-state index in [1.54, 1.807) is 12.2 Å². The summed E-state index contributed by atoms with van der Waals surface area (Å²) in [7, 11) is 0. The summed E-state index contributed by atoms with van der Waals surface area (Å²) in [6.07, 6.45) is 15.5. The Morgan fingerprint density at radius 3 is 2.73 bits per heavy atom. The third kappa shape index (κ3) is 9.79. The van der Waals surface area contributed by atoms with Gasteiger partial charge in [-0.3, -0.25) is 4.79 Å². The molecule has 1 aliphatic rings. The maximum Gasteiger partial charge on any atom is 0.156 e. The molecular weight excluding hydrogens is 272 g/mol. The first kappa shape index (κ1) is 19.0. The summed E-state index contributed by atoms with van der Waals surface area (Å²) >= 11 is 0. The van der Waals surface area contributed by atoms with Crippen LogP contribution >= 0.6 is 0 Å². The van der Waals surface area contributed by atoms with Crippen LogP contribution in [-0.2, 0) is 4.79 Å². The topological polar surface area (TPSA) is 37.3 Å². The molecule has 1 saturated carbocycles. The molecule has 0 aromatic carbocycles. The van der Waals surface area contributed by atoms with E-state index in [2.05, 4.69) is 18.8 Å². The monoisotopic (exact) mass is 304 g/mol. The molecule has 1 aliphatic carbocycles. The van der Waals surface area contributed by atoms with E-state index in [0.29, 0.717) is 13.0 Å². The molecule has 0 aliphatic heterocycles. The van der Waals surface area contributed by atoms with Crippen molar-refractivity contribution in [3.05, 3.63) is 12.2 Å². The van der Waals surface area contributed by atoms with Gasteiger partial charge in [-0.15, -0.1) is 0 Å². The highest BCUT2D eigenvalue weighted by atomic mass is 16.2. The number of aliphatic hydroxyl groups excluding tert-OH is 1.